The van der Waals surface area contributed by atoms with E-state index >= 15 is 0 Å². The summed E-state index contributed by atoms with van der Waals surface area (Å²) >= 11 is 1.58. The number of nitrogens with two attached hydrogens (primary N) is 1. The highest BCUT2D eigenvalue weighted by Gasteiger charge is 2.22. The first-order valence-corrected chi connectivity index (χ1v) is 8.85. The summed E-state index contributed by atoms with van der Waals surface area (Å²) in [5, 5.41) is 0. The fourth-order valence-corrected chi connectivity index (χ4v) is 3.88. The topological polar surface area (TPSA) is 72.1 Å². The van der Waals surface area contributed by atoms with Crippen LogP contribution in [0.15, 0.2) is 24.5 Å². The lowest BCUT2D eigenvalue weighted by atomic mass is 9.95. The molecule has 1 aliphatic heterocycles. The molecule has 1 unspecified atom stereocenters. The molecule has 6 heteroatoms. The maximum atomic E-state index is 12.6. The van der Waals surface area contributed by atoms with Gasteiger partial charge in [0.1, 0.15) is 5.82 Å². The Morgan fingerprint density at radius 2 is 2.17 bits per heavy atom. The van der Waals surface area contributed by atoms with E-state index in [1.54, 1.807) is 23.7 Å². The van der Waals surface area contributed by atoms with E-state index in [-0.39, 0.29) is 5.91 Å². The van der Waals surface area contributed by atoms with Crippen molar-refractivity contribution in [2.75, 3.05) is 18.8 Å². The monoisotopic (exact) mass is 330 g/mol. The fraction of sp³-hybridized carbons (Fsp3) is 0.471. The van der Waals surface area contributed by atoms with E-state index in [0.717, 1.165) is 49.3 Å². The summed E-state index contributed by atoms with van der Waals surface area (Å²) in [5.41, 5.74) is 6.56. The number of thiophene rings is 1. The number of likely N-dealkylation sites (tertiary alicyclic amines) is 1. The van der Waals surface area contributed by atoms with Crippen molar-refractivity contribution in [2.24, 2.45) is 5.92 Å². The van der Waals surface area contributed by atoms with Crippen LogP contribution in [-0.4, -0.2) is 33.9 Å². The molecule has 0 spiro atoms. The zero-order valence-corrected chi connectivity index (χ0v) is 14.2. The molecule has 1 amide bonds. The Balaban J connectivity index is 1.58. The van der Waals surface area contributed by atoms with Crippen molar-refractivity contribution < 1.29 is 4.79 Å². The maximum absolute atomic E-state index is 12.6. The van der Waals surface area contributed by atoms with E-state index < -0.39 is 0 Å². The highest BCUT2D eigenvalue weighted by atomic mass is 32.1. The van der Waals surface area contributed by atoms with Crippen molar-refractivity contribution in [1.82, 2.24) is 14.9 Å². The van der Waals surface area contributed by atoms with Gasteiger partial charge in [0.05, 0.1) is 23.0 Å². The standard InChI is InChI=1S/C17H22N4OS/c1-12-4-5-15(23-12)17(22)21-7-2-3-13(6-8-21)9-14-10-20-16(18)11-19-14/h4-5,10-11,13H,2-3,6-9H2,1H3,(H2,18,20). The fourth-order valence-electron chi connectivity index (χ4n) is 3.04. The Kier molecular flexibility index (Phi) is 4.91. The summed E-state index contributed by atoms with van der Waals surface area (Å²) in [6.07, 6.45) is 7.47. The van der Waals surface area contributed by atoms with E-state index in [4.69, 9.17) is 5.73 Å². The third-order valence-electron chi connectivity index (χ3n) is 4.31. The predicted molar refractivity (Wildman–Crippen MR) is 92.4 cm³/mol. The summed E-state index contributed by atoms with van der Waals surface area (Å²) in [5.74, 6) is 1.18. The van der Waals surface area contributed by atoms with Crippen molar-refractivity contribution in [2.45, 2.75) is 32.6 Å². The van der Waals surface area contributed by atoms with Crippen molar-refractivity contribution in [1.29, 1.82) is 0 Å². The van der Waals surface area contributed by atoms with Crippen LogP contribution in [0.1, 0.15) is 39.5 Å². The molecule has 0 saturated carbocycles. The number of amides is 1. The zero-order chi connectivity index (χ0) is 16.2. The Morgan fingerprint density at radius 3 is 2.87 bits per heavy atom. The van der Waals surface area contributed by atoms with Crippen molar-refractivity contribution in [3.8, 4) is 0 Å². The summed E-state index contributed by atoms with van der Waals surface area (Å²) in [6.45, 7) is 3.70. The van der Waals surface area contributed by atoms with Gasteiger partial charge < -0.3 is 10.6 Å². The Bertz CT molecular complexity index is 667. The van der Waals surface area contributed by atoms with E-state index in [0.29, 0.717) is 11.7 Å². The van der Waals surface area contributed by atoms with Crippen LogP contribution in [-0.2, 0) is 6.42 Å². The third-order valence-corrected chi connectivity index (χ3v) is 5.30. The molecule has 122 valence electrons. The number of rotatable bonds is 3. The SMILES string of the molecule is Cc1ccc(C(=O)N2CCCC(Cc3cnc(N)cn3)CC2)s1. The average Bonchev–Trinajstić information content (AvgIpc) is 2.84. The molecular weight excluding hydrogens is 308 g/mol. The lowest BCUT2D eigenvalue weighted by Gasteiger charge is -2.19. The van der Waals surface area contributed by atoms with Gasteiger partial charge in [-0.3, -0.25) is 9.78 Å². The van der Waals surface area contributed by atoms with Crippen LogP contribution in [0.3, 0.4) is 0 Å². The van der Waals surface area contributed by atoms with Gasteiger partial charge in [0.2, 0.25) is 0 Å². The number of aryl methyl sites for hydroxylation is 1. The number of aromatic nitrogens is 2. The number of hydrogen-bond acceptors (Lipinski definition) is 5. The zero-order valence-electron chi connectivity index (χ0n) is 13.4. The highest BCUT2D eigenvalue weighted by molar-refractivity contribution is 7.13. The first-order valence-electron chi connectivity index (χ1n) is 8.04. The van der Waals surface area contributed by atoms with E-state index in [9.17, 15) is 4.79 Å². The highest BCUT2D eigenvalue weighted by Crippen LogP contribution is 2.24. The van der Waals surface area contributed by atoms with Crippen molar-refractivity contribution in [3.05, 3.63) is 40.0 Å². The lowest BCUT2D eigenvalue weighted by Crippen LogP contribution is -2.31. The molecule has 1 atom stereocenters. The minimum absolute atomic E-state index is 0.177. The number of hydrogen-bond donors (Lipinski definition) is 1. The maximum Gasteiger partial charge on any atom is 0.263 e. The van der Waals surface area contributed by atoms with Gasteiger partial charge in [-0.05, 0) is 50.7 Å². The minimum Gasteiger partial charge on any atom is -0.382 e. The van der Waals surface area contributed by atoms with Crippen LogP contribution in [0.2, 0.25) is 0 Å². The first kappa shape index (κ1) is 15.9. The normalized spacial score (nSPS) is 18.7. The van der Waals surface area contributed by atoms with Gasteiger partial charge in [0.15, 0.2) is 0 Å². The van der Waals surface area contributed by atoms with Gasteiger partial charge in [-0.15, -0.1) is 11.3 Å². The number of nitrogens with zero attached hydrogens (tertiary/aromatic N) is 3. The molecule has 2 aromatic rings. The molecule has 0 aliphatic carbocycles. The largest absolute Gasteiger partial charge is 0.382 e. The number of carbonyl (C=O) groups is 1. The van der Waals surface area contributed by atoms with Crippen LogP contribution >= 0.6 is 11.3 Å². The Labute approximate surface area is 140 Å². The van der Waals surface area contributed by atoms with Crippen LogP contribution in [0, 0.1) is 12.8 Å². The molecule has 5 nitrogen and oxygen atoms in total. The Morgan fingerprint density at radius 1 is 1.30 bits per heavy atom. The summed E-state index contributed by atoms with van der Waals surface area (Å²) < 4.78 is 0. The lowest BCUT2D eigenvalue weighted by molar-refractivity contribution is 0.0765. The summed E-state index contributed by atoms with van der Waals surface area (Å²) in [6, 6.07) is 3.95. The smallest absolute Gasteiger partial charge is 0.263 e. The average molecular weight is 330 g/mol. The molecular formula is C17H22N4OS. The van der Waals surface area contributed by atoms with Crippen LogP contribution in [0.5, 0.6) is 0 Å². The van der Waals surface area contributed by atoms with Crippen molar-refractivity contribution in [3.63, 3.8) is 0 Å². The molecule has 0 radical (unpaired) electrons. The number of carbonyl (C=O) groups excluding carboxylic acids is 1. The van der Waals surface area contributed by atoms with Gasteiger partial charge in [0, 0.05) is 18.0 Å². The van der Waals surface area contributed by atoms with Crippen LogP contribution < -0.4 is 5.73 Å². The second-order valence-electron chi connectivity index (χ2n) is 6.14. The first-order chi connectivity index (χ1) is 11.1. The van der Waals surface area contributed by atoms with E-state index in [2.05, 4.69) is 9.97 Å². The molecule has 3 rings (SSSR count). The second kappa shape index (κ2) is 7.08. The summed E-state index contributed by atoms with van der Waals surface area (Å²) in [4.78, 5) is 25.1. The van der Waals surface area contributed by atoms with Gasteiger partial charge in [0.25, 0.3) is 5.91 Å². The van der Waals surface area contributed by atoms with Gasteiger partial charge in [-0.1, -0.05) is 0 Å². The van der Waals surface area contributed by atoms with Crippen LogP contribution in [0.4, 0.5) is 5.82 Å². The van der Waals surface area contributed by atoms with Crippen molar-refractivity contribution >= 4 is 23.1 Å². The predicted octanol–water partition coefficient (Wildman–Crippen LogP) is 2.91. The van der Waals surface area contributed by atoms with E-state index in [1.807, 2.05) is 24.0 Å². The van der Waals surface area contributed by atoms with Gasteiger partial charge >= 0.3 is 0 Å². The molecule has 0 bridgehead atoms. The van der Waals surface area contributed by atoms with Crippen LogP contribution in [0.25, 0.3) is 0 Å². The molecule has 3 heterocycles. The van der Waals surface area contributed by atoms with Gasteiger partial charge in [-0.25, -0.2) is 4.98 Å². The molecule has 2 N–H and O–H groups in total. The van der Waals surface area contributed by atoms with E-state index in [1.165, 1.54) is 4.88 Å². The molecule has 23 heavy (non-hydrogen) atoms. The second-order valence-corrected chi connectivity index (χ2v) is 7.42. The molecule has 0 aromatic carbocycles. The quantitative estimate of drug-likeness (QED) is 0.939. The third kappa shape index (κ3) is 4.07. The summed E-state index contributed by atoms with van der Waals surface area (Å²) in [7, 11) is 0. The minimum atomic E-state index is 0.177. The molecule has 1 fully saturated rings. The molecule has 2 aromatic heterocycles. The Hall–Kier alpha value is -1.95. The van der Waals surface area contributed by atoms with Gasteiger partial charge in [-0.2, -0.15) is 0 Å². The number of nitrogen functional groups attached to an aromatic ring is 1. The number of anilines is 1. The molecule has 1 aliphatic rings. The molecule has 1 saturated heterocycles.